The molecule has 13 heteroatoms. The number of halogens is 3. The number of fused-ring (bicyclic) bond motifs is 1. The summed E-state index contributed by atoms with van der Waals surface area (Å²) in [6, 6.07) is 21.1. The van der Waals surface area contributed by atoms with E-state index in [4.69, 9.17) is 26.5 Å². The first-order chi connectivity index (χ1) is 18.8. The highest BCUT2D eigenvalue weighted by Crippen LogP contribution is 2.23. The molecule has 3 aromatic rings. The molecule has 1 aliphatic heterocycles. The standard InChI is InChI=1S/C16H16N2O3.C9H10N2O.C2HF3O2/c17-10-12-5-4-8-14(9-12)18(11-15(19)20)16(21)13-6-2-1-3-7-13;10-9(12)7-2-1-6-3-4-11-8(6)5-7;3-2(4,5)1(6)7/h1-9H,10-11,17H2,(H,19,20);1-2,5,11H,3-4H2,(H2,10,12);(H,6,7). The number of hydrogen-bond donors (Lipinski definition) is 5. The minimum Gasteiger partial charge on any atom is -0.480 e. The van der Waals surface area contributed by atoms with E-state index < -0.39 is 24.7 Å². The predicted molar refractivity (Wildman–Crippen MR) is 141 cm³/mol. The van der Waals surface area contributed by atoms with E-state index in [0.717, 1.165) is 24.2 Å². The van der Waals surface area contributed by atoms with Crippen LogP contribution in [0.1, 0.15) is 31.8 Å². The molecule has 0 saturated carbocycles. The van der Waals surface area contributed by atoms with Crippen molar-refractivity contribution in [2.24, 2.45) is 11.5 Å². The van der Waals surface area contributed by atoms with Gasteiger partial charge in [-0.1, -0.05) is 36.4 Å². The molecule has 0 fully saturated rings. The van der Waals surface area contributed by atoms with Gasteiger partial charge in [0.05, 0.1) is 0 Å². The summed E-state index contributed by atoms with van der Waals surface area (Å²) in [5.41, 5.74) is 15.4. The molecule has 0 aliphatic carbocycles. The normalized spacial score (nSPS) is 11.4. The first-order valence-corrected chi connectivity index (χ1v) is 11.7. The maximum Gasteiger partial charge on any atom is 0.490 e. The minimum atomic E-state index is -5.08. The van der Waals surface area contributed by atoms with Gasteiger partial charge >= 0.3 is 18.1 Å². The zero-order chi connectivity index (χ0) is 29.9. The molecule has 4 rings (SSSR count). The average molecular weight is 561 g/mol. The van der Waals surface area contributed by atoms with Crippen LogP contribution in [0.25, 0.3) is 0 Å². The molecule has 3 aromatic carbocycles. The SMILES string of the molecule is NC(=O)c1ccc2c(c1)NCC2.NCc1cccc(N(CC(=O)O)C(=O)c2ccccc2)c1.O=C(O)C(F)(F)F. The van der Waals surface area contributed by atoms with Crippen LogP contribution in [0.4, 0.5) is 24.5 Å². The van der Waals surface area contributed by atoms with Crippen LogP contribution in [-0.4, -0.2) is 53.2 Å². The largest absolute Gasteiger partial charge is 0.490 e. The zero-order valence-corrected chi connectivity index (χ0v) is 21.0. The van der Waals surface area contributed by atoms with Crippen molar-refractivity contribution in [1.29, 1.82) is 0 Å². The van der Waals surface area contributed by atoms with E-state index in [1.807, 2.05) is 18.2 Å². The van der Waals surface area contributed by atoms with Crippen molar-refractivity contribution in [3.8, 4) is 0 Å². The number of carbonyl (C=O) groups is 4. The summed E-state index contributed by atoms with van der Waals surface area (Å²) >= 11 is 0. The highest BCUT2D eigenvalue weighted by Gasteiger charge is 2.38. The zero-order valence-electron chi connectivity index (χ0n) is 21.0. The summed E-state index contributed by atoms with van der Waals surface area (Å²) < 4.78 is 31.7. The Morgan fingerprint density at radius 1 is 0.900 bits per heavy atom. The molecule has 0 radical (unpaired) electrons. The maximum atomic E-state index is 12.5. The van der Waals surface area contributed by atoms with Crippen LogP contribution >= 0.6 is 0 Å². The van der Waals surface area contributed by atoms with Crippen molar-refractivity contribution >= 4 is 35.1 Å². The molecule has 0 atom stereocenters. The van der Waals surface area contributed by atoms with Crippen LogP contribution in [0.2, 0.25) is 0 Å². The van der Waals surface area contributed by atoms with Gasteiger partial charge in [-0.3, -0.25) is 19.3 Å². The van der Waals surface area contributed by atoms with Crippen LogP contribution in [0, 0.1) is 0 Å². The number of hydrogen-bond acceptors (Lipinski definition) is 6. The fourth-order valence-electron chi connectivity index (χ4n) is 3.45. The summed E-state index contributed by atoms with van der Waals surface area (Å²) in [5, 5.41) is 19.4. The summed E-state index contributed by atoms with van der Waals surface area (Å²) in [4.78, 5) is 44.5. The number of primary amides is 1. The van der Waals surface area contributed by atoms with Gasteiger partial charge in [-0.2, -0.15) is 13.2 Å². The highest BCUT2D eigenvalue weighted by atomic mass is 19.4. The third-order valence-corrected chi connectivity index (χ3v) is 5.36. The molecule has 1 aliphatic rings. The number of anilines is 2. The molecule has 2 amide bonds. The monoisotopic (exact) mass is 560 g/mol. The van der Waals surface area contributed by atoms with Gasteiger partial charge in [0, 0.05) is 35.6 Å². The predicted octanol–water partition coefficient (Wildman–Crippen LogP) is 3.26. The summed E-state index contributed by atoms with van der Waals surface area (Å²) in [7, 11) is 0. The first kappa shape index (κ1) is 31.3. The number of aliphatic carboxylic acids is 2. The number of nitrogens with one attached hydrogen (secondary N) is 1. The third kappa shape index (κ3) is 9.44. The van der Waals surface area contributed by atoms with Gasteiger partial charge in [-0.05, 0) is 53.9 Å². The van der Waals surface area contributed by atoms with E-state index in [1.54, 1.807) is 54.6 Å². The summed E-state index contributed by atoms with van der Waals surface area (Å²) in [6.07, 6.45) is -4.05. The molecule has 1 heterocycles. The second-order valence-corrected chi connectivity index (χ2v) is 8.24. The topological polar surface area (TPSA) is 176 Å². The highest BCUT2D eigenvalue weighted by molar-refractivity contribution is 6.08. The number of nitrogens with zero attached hydrogens (tertiary/aromatic N) is 1. The van der Waals surface area contributed by atoms with Crippen LogP contribution in [-0.2, 0) is 22.6 Å². The van der Waals surface area contributed by atoms with Crippen LogP contribution in [0.5, 0.6) is 0 Å². The van der Waals surface area contributed by atoms with Gasteiger partial charge in [0.15, 0.2) is 0 Å². The number of alkyl halides is 3. The number of carboxylic acid groups (broad SMARTS) is 2. The Hall–Kier alpha value is -4.91. The third-order valence-electron chi connectivity index (χ3n) is 5.36. The minimum absolute atomic E-state index is 0.328. The molecule has 0 spiro atoms. The van der Waals surface area contributed by atoms with Crippen molar-refractivity contribution in [2.45, 2.75) is 19.1 Å². The van der Waals surface area contributed by atoms with Gasteiger partial charge in [-0.15, -0.1) is 0 Å². The number of nitrogens with two attached hydrogens (primary N) is 2. The van der Waals surface area contributed by atoms with Crippen molar-refractivity contribution in [3.63, 3.8) is 0 Å². The van der Waals surface area contributed by atoms with Crippen LogP contribution in [0.3, 0.4) is 0 Å². The van der Waals surface area contributed by atoms with Gasteiger partial charge in [0.2, 0.25) is 5.91 Å². The van der Waals surface area contributed by atoms with Crippen molar-refractivity contribution in [2.75, 3.05) is 23.3 Å². The van der Waals surface area contributed by atoms with Crippen LogP contribution in [0.15, 0.2) is 72.8 Å². The number of carbonyl (C=O) groups excluding carboxylic acids is 2. The van der Waals surface area contributed by atoms with E-state index in [-0.39, 0.29) is 11.8 Å². The molecule has 7 N–H and O–H groups in total. The molecule has 0 unspecified atom stereocenters. The number of amides is 2. The second kappa shape index (κ2) is 14.3. The second-order valence-electron chi connectivity index (χ2n) is 8.24. The summed E-state index contributed by atoms with van der Waals surface area (Å²) in [6.45, 7) is 0.883. The van der Waals surface area contributed by atoms with E-state index in [9.17, 15) is 27.6 Å². The fraction of sp³-hybridized carbons (Fsp3) is 0.185. The number of benzene rings is 3. The molecule has 0 aromatic heterocycles. The smallest absolute Gasteiger partial charge is 0.480 e. The Morgan fingerprint density at radius 2 is 1.55 bits per heavy atom. The van der Waals surface area contributed by atoms with Gasteiger partial charge in [-0.25, -0.2) is 4.79 Å². The molecule has 40 heavy (non-hydrogen) atoms. The van der Waals surface area contributed by atoms with E-state index in [2.05, 4.69) is 5.32 Å². The van der Waals surface area contributed by atoms with E-state index >= 15 is 0 Å². The van der Waals surface area contributed by atoms with Gasteiger partial charge < -0.3 is 27.0 Å². The van der Waals surface area contributed by atoms with Gasteiger partial charge in [0.1, 0.15) is 6.54 Å². The number of rotatable bonds is 6. The van der Waals surface area contributed by atoms with Gasteiger partial charge in [0.25, 0.3) is 5.91 Å². The fourth-order valence-corrected chi connectivity index (χ4v) is 3.45. The lowest BCUT2D eigenvalue weighted by molar-refractivity contribution is -0.192. The molecule has 212 valence electrons. The average Bonchev–Trinajstić information content (AvgIpc) is 3.40. The first-order valence-electron chi connectivity index (χ1n) is 11.7. The lowest BCUT2D eigenvalue weighted by Crippen LogP contribution is -2.35. The summed E-state index contributed by atoms with van der Waals surface area (Å²) in [5.74, 6) is -4.55. The Kier molecular flexibility index (Phi) is 11.2. The lowest BCUT2D eigenvalue weighted by Gasteiger charge is -2.21. The maximum absolute atomic E-state index is 12.5. The van der Waals surface area contributed by atoms with Crippen molar-refractivity contribution in [3.05, 3.63) is 95.1 Å². The molecular weight excluding hydrogens is 533 g/mol. The van der Waals surface area contributed by atoms with E-state index in [0.29, 0.717) is 23.4 Å². The van der Waals surface area contributed by atoms with Crippen LogP contribution < -0.4 is 21.7 Å². The Balaban J connectivity index is 0.000000247. The molecular formula is C27H27F3N4O6. The lowest BCUT2D eigenvalue weighted by atomic mass is 10.1. The quantitative estimate of drug-likeness (QED) is 0.305. The molecule has 0 saturated heterocycles. The Labute approximate surface area is 227 Å². The van der Waals surface area contributed by atoms with E-state index in [1.165, 1.54) is 10.5 Å². The Morgan fingerprint density at radius 3 is 2.10 bits per heavy atom. The number of carboxylic acids is 2. The Bertz CT molecular complexity index is 1350. The molecule has 0 bridgehead atoms. The molecule has 10 nitrogen and oxygen atoms in total. The van der Waals surface area contributed by atoms with Crippen molar-refractivity contribution in [1.82, 2.24) is 0 Å². The van der Waals surface area contributed by atoms with Crippen molar-refractivity contribution < 1.29 is 42.6 Å².